The van der Waals surface area contributed by atoms with Crippen molar-refractivity contribution in [3.63, 3.8) is 0 Å². The average Bonchev–Trinajstić information content (AvgIpc) is 3.22. The average molecular weight is 399 g/mol. The molecule has 0 saturated carbocycles. The van der Waals surface area contributed by atoms with Crippen molar-refractivity contribution in [2.75, 3.05) is 5.32 Å². The molecule has 0 saturated heterocycles. The summed E-state index contributed by atoms with van der Waals surface area (Å²) < 4.78 is 1.08. The summed E-state index contributed by atoms with van der Waals surface area (Å²) in [4.78, 5) is 17.3. The Morgan fingerprint density at radius 2 is 1.92 bits per heavy atom. The number of aryl methyl sites for hydroxylation is 2. The van der Waals surface area contributed by atoms with Crippen LogP contribution in [-0.4, -0.2) is 10.9 Å². The monoisotopic (exact) mass is 398 g/mol. The molecule has 5 rings (SSSR count). The number of anilines is 1. The minimum atomic E-state index is -0.311. The third kappa shape index (κ3) is 2.49. The van der Waals surface area contributed by atoms with Crippen LogP contribution in [0.15, 0.2) is 42.5 Å². The number of carbonyl (C=O) groups is 1. The number of thiazole rings is 1. The van der Waals surface area contributed by atoms with Crippen molar-refractivity contribution in [2.45, 2.75) is 12.8 Å². The SMILES string of the molecule is O=C(Nc1nc2c(cc3c4c(cccc42)CC3)s1)c1cc(Cl)ccc1Cl. The van der Waals surface area contributed by atoms with E-state index in [4.69, 9.17) is 23.2 Å². The molecule has 0 aliphatic heterocycles. The lowest BCUT2D eigenvalue weighted by molar-refractivity contribution is 0.102. The second-order valence-electron chi connectivity index (χ2n) is 6.32. The zero-order valence-corrected chi connectivity index (χ0v) is 15.8. The zero-order chi connectivity index (χ0) is 17.8. The van der Waals surface area contributed by atoms with Crippen molar-refractivity contribution in [1.29, 1.82) is 0 Å². The first-order valence-electron chi connectivity index (χ1n) is 8.20. The van der Waals surface area contributed by atoms with Gasteiger partial charge in [0.2, 0.25) is 0 Å². The molecule has 0 radical (unpaired) electrons. The van der Waals surface area contributed by atoms with Gasteiger partial charge in [-0.15, -0.1) is 0 Å². The van der Waals surface area contributed by atoms with E-state index in [1.807, 2.05) is 0 Å². The molecule has 0 spiro atoms. The van der Waals surface area contributed by atoms with E-state index >= 15 is 0 Å². The van der Waals surface area contributed by atoms with Gasteiger partial charge < -0.3 is 0 Å². The summed E-state index contributed by atoms with van der Waals surface area (Å²) in [6, 6.07) is 13.4. The van der Waals surface area contributed by atoms with Gasteiger partial charge in [-0.2, -0.15) is 0 Å². The lowest BCUT2D eigenvalue weighted by Gasteiger charge is -2.04. The maximum atomic E-state index is 12.6. The molecule has 26 heavy (non-hydrogen) atoms. The molecule has 3 aromatic carbocycles. The van der Waals surface area contributed by atoms with Gasteiger partial charge in [0.15, 0.2) is 5.13 Å². The number of halogens is 2. The van der Waals surface area contributed by atoms with Crippen LogP contribution in [-0.2, 0) is 12.8 Å². The van der Waals surface area contributed by atoms with Crippen LogP contribution >= 0.6 is 34.5 Å². The third-order valence-corrected chi connectivity index (χ3v) is 6.23. The molecule has 1 aliphatic carbocycles. The van der Waals surface area contributed by atoms with Crippen molar-refractivity contribution < 1.29 is 4.79 Å². The smallest absolute Gasteiger partial charge is 0.259 e. The number of amides is 1. The number of benzene rings is 3. The zero-order valence-electron chi connectivity index (χ0n) is 13.5. The normalized spacial score (nSPS) is 12.8. The summed E-state index contributed by atoms with van der Waals surface area (Å²) in [5.41, 5.74) is 4.02. The maximum Gasteiger partial charge on any atom is 0.259 e. The summed E-state index contributed by atoms with van der Waals surface area (Å²) >= 11 is 13.6. The van der Waals surface area contributed by atoms with Gasteiger partial charge in [0.05, 0.1) is 20.8 Å². The predicted octanol–water partition coefficient (Wildman–Crippen LogP) is 6.11. The minimum absolute atomic E-state index is 0.311. The summed E-state index contributed by atoms with van der Waals surface area (Å²) in [6.07, 6.45) is 2.14. The number of hydrogen-bond acceptors (Lipinski definition) is 3. The fraction of sp³-hybridized carbons (Fsp3) is 0.100. The molecular weight excluding hydrogens is 387 g/mol. The molecule has 0 unspecified atom stereocenters. The highest BCUT2D eigenvalue weighted by atomic mass is 35.5. The topological polar surface area (TPSA) is 42.0 Å². The lowest BCUT2D eigenvalue weighted by atomic mass is 10.0. The Labute approximate surface area is 163 Å². The standard InChI is InChI=1S/C20H12Cl2N2OS/c21-12-6-7-15(22)14(9-12)19(25)24-20-23-18-13-3-1-2-10-4-5-11(17(10)13)8-16(18)26-20/h1-3,6-9H,4-5H2,(H,23,24,25). The van der Waals surface area contributed by atoms with Crippen LogP contribution in [0.1, 0.15) is 21.5 Å². The predicted molar refractivity (Wildman–Crippen MR) is 109 cm³/mol. The molecule has 1 heterocycles. The summed E-state index contributed by atoms with van der Waals surface area (Å²) in [6.45, 7) is 0. The number of hydrogen-bond donors (Lipinski definition) is 1. The van der Waals surface area contributed by atoms with Crippen LogP contribution < -0.4 is 5.32 Å². The van der Waals surface area contributed by atoms with Crippen LogP contribution in [0.25, 0.3) is 21.0 Å². The molecule has 1 amide bonds. The minimum Gasteiger partial charge on any atom is -0.298 e. The Morgan fingerprint density at radius 3 is 2.81 bits per heavy atom. The van der Waals surface area contributed by atoms with Crippen LogP contribution in [0.3, 0.4) is 0 Å². The molecule has 0 atom stereocenters. The van der Waals surface area contributed by atoms with Crippen LogP contribution in [0.5, 0.6) is 0 Å². The highest BCUT2D eigenvalue weighted by Gasteiger charge is 2.19. The number of aromatic nitrogens is 1. The summed E-state index contributed by atoms with van der Waals surface area (Å²) in [5, 5.41) is 6.72. The molecule has 128 valence electrons. The van der Waals surface area contributed by atoms with Gasteiger partial charge in [0.1, 0.15) is 0 Å². The van der Waals surface area contributed by atoms with E-state index in [0.717, 1.165) is 28.4 Å². The molecule has 1 aromatic heterocycles. The van der Waals surface area contributed by atoms with Crippen LogP contribution in [0, 0.1) is 0 Å². The van der Waals surface area contributed by atoms with Gasteiger partial charge >= 0.3 is 0 Å². The van der Waals surface area contributed by atoms with E-state index in [1.54, 1.807) is 18.2 Å². The van der Waals surface area contributed by atoms with Crippen molar-refractivity contribution in [3.8, 4) is 0 Å². The summed E-state index contributed by atoms with van der Waals surface area (Å²) in [7, 11) is 0. The van der Waals surface area contributed by atoms with Crippen molar-refractivity contribution >= 4 is 66.6 Å². The van der Waals surface area contributed by atoms with Crippen molar-refractivity contribution in [3.05, 3.63) is 69.2 Å². The van der Waals surface area contributed by atoms with E-state index < -0.39 is 0 Å². The fourth-order valence-corrected chi connectivity index (χ4v) is 4.91. The number of carbonyl (C=O) groups excluding carboxylic acids is 1. The van der Waals surface area contributed by atoms with Gasteiger partial charge in [0, 0.05) is 10.4 Å². The van der Waals surface area contributed by atoms with E-state index in [2.05, 4.69) is 34.6 Å². The summed E-state index contributed by atoms with van der Waals surface area (Å²) in [5.74, 6) is -0.311. The first-order valence-corrected chi connectivity index (χ1v) is 9.78. The van der Waals surface area contributed by atoms with Crippen LogP contribution in [0.2, 0.25) is 10.0 Å². The number of rotatable bonds is 2. The molecule has 6 heteroatoms. The lowest BCUT2D eigenvalue weighted by Crippen LogP contribution is -2.12. The number of fused-ring (bicyclic) bond motifs is 2. The molecular formula is C20H12Cl2N2OS. The fourth-order valence-electron chi connectivity index (χ4n) is 3.59. The Hall–Kier alpha value is -2.14. The first-order chi connectivity index (χ1) is 12.6. The van der Waals surface area contributed by atoms with E-state index in [1.165, 1.54) is 27.8 Å². The quantitative estimate of drug-likeness (QED) is 0.442. The Balaban J connectivity index is 1.58. The first kappa shape index (κ1) is 16.1. The van der Waals surface area contributed by atoms with Gasteiger partial charge in [-0.25, -0.2) is 4.98 Å². The second kappa shape index (κ2) is 5.95. The van der Waals surface area contributed by atoms with Crippen LogP contribution in [0.4, 0.5) is 5.13 Å². The van der Waals surface area contributed by atoms with E-state index in [0.29, 0.717) is 20.7 Å². The largest absolute Gasteiger partial charge is 0.298 e. The highest BCUT2D eigenvalue weighted by Crippen LogP contribution is 2.39. The number of nitrogens with zero attached hydrogens (tertiary/aromatic N) is 1. The Bertz CT molecular complexity index is 1220. The van der Waals surface area contributed by atoms with Crippen molar-refractivity contribution in [2.24, 2.45) is 0 Å². The van der Waals surface area contributed by atoms with Crippen molar-refractivity contribution in [1.82, 2.24) is 4.98 Å². The highest BCUT2D eigenvalue weighted by molar-refractivity contribution is 7.22. The molecule has 3 nitrogen and oxygen atoms in total. The van der Waals surface area contributed by atoms with E-state index in [9.17, 15) is 4.79 Å². The van der Waals surface area contributed by atoms with Gasteiger partial charge in [-0.05, 0) is 53.6 Å². The molecule has 0 bridgehead atoms. The third-order valence-electron chi connectivity index (χ3n) is 4.74. The maximum absolute atomic E-state index is 12.6. The molecule has 1 aliphatic rings. The van der Waals surface area contributed by atoms with Gasteiger partial charge in [0.25, 0.3) is 5.91 Å². The van der Waals surface area contributed by atoms with Gasteiger partial charge in [-0.3, -0.25) is 10.1 Å². The number of nitrogens with one attached hydrogen (secondary N) is 1. The van der Waals surface area contributed by atoms with E-state index in [-0.39, 0.29) is 5.91 Å². The van der Waals surface area contributed by atoms with Gasteiger partial charge in [-0.1, -0.05) is 52.7 Å². The second-order valence-corrected chi connectivity index (χ2v) is 8.19. The molecule has 0 fully saturated rings. The Kier molecular flexibility index (Phi) is 3.67. The Morgan fingerprint density at radius 1 is 1.08 bits per heavy atom. The molecule has 4 aromatic rings. The molecule has 1 N–H and O–H groups in total.